The molecule has 21 heavy (non-hydrogen) atoms. The first-order valence-electron chi connectivity index (χ1n) is 7.63. The van der Waals surface area contributed by atoms with Crippen molar-refractivity contribution in [2.45, 2.75) is 57.6 Å². The Kier molecular flexibility index (Phi) is 5.40. The molecule has 1 heterocycles. The van der Waals surface area contributed by atoms with Crippen molar-refractivity contribution < 1.29 is 8.42 Å². The van der Waals surface area contributed by atoms with Gasteiger partial charge in [0.2, 0.25) is 0 Å². The van der Waals surface area contributed by atoms with Crippen LogP contribution in [0.4, 0.5) is 0 Å². The molecule has 0 aliphatic heterocycles. The van der Waals surface area contributed by atoms with Crippen LogP contribution in [0.5, 0.6) is 0 Å². The third kappa shape index (κ3) is 4.52. The number of aromatic nitrogens is 2. The molecule has 2 atom stereocenters. The number of rotatable bonds is 7. The first kappa shape index (κ1) is 16.5. The van der Waals surface area contributed by atoms with Crippen LogP contribution in [-0.4, -0.2) is 31.2 Å². The smallest absolute Gasteiger partial charge is 0.257 e. The number of H-pyrrole nitrogens is 1. The van der Waals surface area contributed by atoms with E-state index in [0.29, 0.717) is 36.5 Å². The lowest BCUT2D eigenvalue weighted by Crippen LogP contribution is -2.30. The van der Waals surface area contributed by atoms with E-state index in [1.54, 1.807) is 6.20 Å². The minimum Gasteiger partial charge on any atom is -0.310 e. The maximum atomic E-state index is 12.4. The van der Waals surface area contributed by atoms with Crippen LogP contribution >= 0.6 is 0 Å². The molecule has 1 aromatic heterocycles. The highest BCUT2D eigenvalue weighted by Crippen LogP contribution is 2.29. The Labute approximate surface area is 127 Å². The standard InChI is InChI=1S/C14H26N4O2S/c1-10(2)15-8-13-9-16-18-14(13)21(19,20)17-7-12-5-4-11(3)6-12/h9-12,15,17H,4-8H2,1-3H3,(H,16,18). The average molecular weight is 314 g/mol. The lowest BCUT2D eigenvalue weighted by atomic mass is 10.1. The van der Waals surface area contributed by atoms with Crippen molar-refractivity contribution in [3.63, 3.8) is 0 Å². The van der Waals surface area contributed by atoms with E-state index in [9.17, 15) is 8.42 Å². The first-order chi connectivity index (χ1) is 9.88. The predicted molar refractivity (Wildman–Crippen MR) is 82.3 cm³/mol. The van der Waals surface area contributed by atoms with Gasteiger partial charge in [-0.25, -0.2) is 13.1 Å². The van der Waals surface area contributed by atoms with Gasteiger partial charge in [-0.2, -0.15) is 5.10 Å². The molecular formula is C14H26N4O2S. The van der Waals surface area contributed by atoms with Gasteiger partial charge >= 0.3 is 0 Å². The van der Waals surface area contributed by atoms with Crippen molar-refractivity contribution in [3.05, 3.63) is 11.8 Å². The molecule has 0 aromatic carbocycles. The van der Waals surface area contributed by atoms with Crippen LogP contribution in [0.15, 0.2) is 11.2 Å². The van der Waals surface area contributed by atoms with E-state index in [1.807, 2.05) is 13.8 Å². The van der Waals surface area contributed by atoms with Crippen molar-refractivity contribution in [1.82, 2.24) is 20.2 Å². The summed E-state index contributed by atoms with van der Waals surface area (Å²) in [7, 11) is -3.51. The molecule has 2 rings (SSSR count). The second-order valence-corrected chi connectivity index (χ2v) is 8.10. The van der Waals surface area contributed by atoms with Crippen LogP contribution < -0.4 is 10.0 Å². The zero-order valence-corrected chi connectivity index (χ0v) is 13.8. The van der Waals surface area contributed by atoms with E-state index in [0.717, 1.165) is 12.8 Å². The van der Waals surface area contributed by atoms with Crippen LogP contribution in [0.3, 0.4) is 0 Å². The van der Waals surface area contributed by atoms with Gasteiger partial charge in [-0.15, -0.1) is 0 Å². The monoisotopic (exact) mass is 314 g/mol. The Bertz CT molecular complexity index is 553. The van der Waals surface area contributed by atoms with Gasteiger partial charge in [0.05, 0.1) is 6.20 Å². The van der Waals surface area contributed by atoms with Gasteiger partial charge in [-0.05, 0) is 24.7 Å². The third-order valence-corrected chi connectivity index (χ3v) is 5.45. The lowest BCUT2D eigenvalue weighted by molar-refractivity contribution is 0.496. The van der Waals surface area contributed by atoms with Gasteiger partial charge in [-0.1, -0.05) is 27.2 Å². The van der Waals surface area contributed by atoms with Crippen LogP contribution in [-0.2, 0) is 16.6 Å². The Morgan fingerprint density at radius 1 is 1.43 bits per heavy atom. The maximum absolute atomic E-state index is 12.4. The minimum absolute atomic E-state index is 0.182. The fraction of sp³-hybridized carbons (Fsp3) is 0.786. The highest BCUT2D eigenvalue weighted by atomic mass is 32.2. The second-order valence-electron chi connectivity index (χ2n) is 6.40. The van der Waals surface area contributed by atoms with Gasteiger partial charge in [0.15, 0.2) is 5.03 Å². The summed E-state index contributed by atoms with van der Waals surface area (Å²) >= 11 is 0. The number of sulfonamides is 1. The van der Waals surface area contributed by atoms with E-state index in [2.05, 4.69) is 27.2 Å². The molecule has 0 amide bonds. The Balaban J connectivity index is 1.97. The quantitative estimate of drug-likeness (QED) is 0.714. The SMILES string of the molecule is CC1CCC(CNS(=O)(=O)c2[nH]ncc2CNC(C)C)C1. The molecule has 6 nitrogen and oxygen atoms in total. The van der Waals surface area contributed by atoms with Gasteiger partial charge in [0.1, 0.15) is 0 Å². The van der Waals surface area contributed by atoms with Crippen LogP contribution in [0.1, 0.15) is 45.6 Å². The maximum Gasteiger partial charge on any atom is 0.257 e. The summed E-state index contributed by atoms with van der Waals surface area (Å²) in [5.41, 5.74) is 0.677. The molecular weight excluding hydrogens is 288 g/mol. The fourth-order valence-corrected chi connectivity index (χ4v) is 4.02. The van der Waals surface area contributed by atoms with E-state index < -0.39 is 10.0 Å². The summed E-state index contributed by atoms with van der Waals surface area (Å²) in [5.74, 6) is 1.16. The summed E-state index contributed by atoms with van der Waals surface area (Å²) in [5, 5.41) is 9.88. The molecule has 120 valence electrons. The van der Waals surface area contributed by atoms with Gasteiger partial charge < -0.3 is 5.32 Å². The van der Waals surface area contributed by atoms with Gasteiger partial charge in [-0.3, -0.25) is 5.10 Å². The summed E-state index contributed by atoms with van der Waals surface area (Å²) in [6.45, 7) is 7.27. The van der Waals surface area contributed by atoms with Crippen molar-refractivity contribution in [3.8, 4) is 0 Å². The number of hydrogen-bond donors (Lipinski definition) is 3. The first-order valence-corrected chi connectivity index (χ1v) is 9.12. The van der Waals surface area contributed by atoms with Crippen molar-refractivity contribution in [1.29, 1.82) is 0 Å². The summed E-state index contributed by atoms with van der Waals surface area (Å²) in [6.07, 6.45) is 4.98. The number of nitrogens with one attached hydrogen (secondary N) is 3. The number of aromatic amines is 1. The molecule has 7 heteroatoms. The van der Waals surface area contributed by atoms with Gasteiger partial charge in [0, 0.05) is 24.7 Å². The molecule has 1 aromatic rings. The molecule has 1 aliphatic carbocycles. The molecule has 0 bridgehead atoms. The molecule has 0 saturated heterocycles. The molecule has 0 radical (unpaired) electrons. The van der Waals surface area contributed by atoms with Crippen LogP contribution in [0.2, 0.25) is 0 Å². The van der Waals surface area contributed by atoms with Crippen molar-refractivity contribution in [2.24, 2.45) is 11.8 Å². The van der Waals surface area contributed by atoms with E-state index in [-0.39, 0.29) is 5.03 Å². The molecule has 0 spiro atoms. The Morgan fingerprint density at radius 3 is 2.81 bits per heavy atom. The molecule has 1 fully saturated rings. The van der Waals surface area contributed by atoms with E-state index >= 15 is 0 Å². The molecule has 1 aliphatic rings. The predicted octanol–water partition coefficient (Wildman–Crippen LogP) is 1.62. The van der Waals surface area contributed by atoms with E-state index in [1.165, 1.54) is 6.42 Å². The zero-order chi connectivity index (χ0) is 15.5. The topological polar surface area (TPSA) is 86.9 Å². The summed E-state index contributed by atoms with van der Waals surface area (Å²) < 4.78 is 27.5. The average Bonchev–Trinajstić information content (AvgIpc) is 3.03. The Hall–Kier alpha value is -0.920. The zero-order valence-electron chi connectivity index (χ0n) is 13.0. The summed E-state index contributed by atoms with van der Waals surface area (Å²) in [6, 6.07) is 0.295. The summed E-state index contributed by atoms with van der Waals surface area (Å²) in [4.78, 5) is 0. The molecule has 1 saturated carbocycles. The van der Waals surface area contributed by atoms with Crippen LogP contribution in [0.25, 0.3) is 0 Å². The largest absolute Gasteiger partial charge is 0.310 e. The minimum atomic E-state index is -3.51. The molecule has 2 unspecified atom stereocenters. The fourth-order valence-electron chi connectivity index (χ4n) is 2.78. The van der Waals surface area contributed by atoms with E-state index in [4.69, 9.17) is 0 Å². The second kappa shape index (κ2) is 6.89. The normalized spacial score (nSPS) is 23.0. The number of nitrogens with zero attached hydrogens (tertiary/aromatic N) is 1. The van der Waals surface area contributed by atoms with Crippen molar-refractivity contribution in [2.75, 3.05) is 6.54 Å². The van der Waals surface area contributed by atoms with Crippen LogP contribution in [0, 0.1) is 11.8 Å². The van der Waals surface area contributed by atoms with Gasteiger partial charge in [0.25, 0.3) is 10.0 Å². The number of hydrogen-bond acceptors (Lipinski definition) is 4. The third-order valence-electron chi connectivity index (χ3n) is 4.01. The van der Waals surface area contributed by atoms with Crippen molar-refractivity contribution >= 4 is 10.0 Å². The molecule has 3 N–H and O–H groups in total. The Morgan fingerprint density at radius 2 is 2.19 bits per heavy atom. The lowest BCUT2D eigenvalue weighted by Gasteiger charge is -2.12. The highest BCUT2D eigenvalue weighted by Gasteiger charge is 2.25. The highest BCUT2D eigenvalue weighted by molar-refractivity contribution is 7.89.